The molecule has 5 nitrogen and oxygen atoms in total. The van der Waals surface area contributed by atoms with Gasteiger partial charge in [0.2, 0.25) is 11.8 Å². The highest BCUT2D eigenvalue weighted by Gasteiger charge is 2.18. The molecule has 1 aliphatic heterocycles. The van der Waals surface area contributed by atoms with Crippen molar-refractivity contribution >= 4 is 11.8 Å². The minimum atomic E-state index is -0.0941. The lowest BCUT2D eigenvalue weighted by Gasteiger charge is -2.22. The molecule has 0 spiro atoms. The van der Waals surface area contributed by atoms with Gasteiger partial charge in [-0.3, -0.25) is 9.59 Å². The van der Waals surface area contributed by atoms with E-state index in [2.05, 4.69) is 11.4 Å². The Labute approximate surface area is 133 Å². The molecule has 0 aromatic rings. The number of amides is 2. The van der Waals surface area contributed by atoms with Crippen LogP contribution in [0.1, 0.15) is 51.9 Å². The van der Waals surface area contributed by atoms with Gasteiger partial charge < -0.3 is 15.0 Å². The third-order valence-corrected chi connectivity index (χ3v) is 4.42. The summed E-state index contributed by atoms with van der Waals surface area (Å²) in [5, 5.41) is 2.88. The number of nitrogens with one attached hydrogen (secondary N) is 1. The molecule has 124 valence electrons. The van der Waals surface area contributed by atoms with Crippen LogP contribution in [0.15, 0.2) is 11.6 Å². The molecule has 22 heavy (non-hydrogen) atoms. The Morgan fingerprint density at radius 1 is 1.36 bits per heavy atom. The Morgan fingerprint density at radius 3 is 2.86 bits per heavy atom. The molecule has 2 rings (SSSR count). The van der Waals surface area contributed by atoms with Crippen LogP contribution in [0, 0.1) is 0 Å². The summed E-state index contributed by atoms with van der Waals surface area (Å²) in [6.45, 7) is 3.65. The zero-order chi connectivity index (χ0) is 15.8. The molecule has 1 unspecified atom stereocenters. The Morgan fingerprint density at radius 2 is 2.23 bits per heavy atom. The molecule has 1 atom stereocenters. The number of rotatable bonds is 7. The fraction of sp³-hybridized carbons (Fsp3) is 0.765. The van der Waals surface area contributed by atoms with Gasteiger partial charge in [0.1, 0.15) is 0 Å². The summed E-state index contributed by atoms with van der Waals surface area (Å²) in [7, 11) is 0. The fourth-order valence-electron chi connectivity index (χ4n) is 3.02. The van der Waals surface area contributed by atoms with Crippen LogP contribution in [0.4, 0.5) is 0 Å². The van der Waals surface area contributed by atoms with Gasteiger partial charge in [-0.2, -0.15) is 0 Å². The Balaban J connectivity index is 1.71. The number of nitrogens with zero attached hydrogens (tertiary/aromatic N) is 1. The standard InChI is InChI=1S/C17H28N2O3/c1-14(20)19(10-9-15-6-3-2-4-7-15)13-17(21)18-12-16-8-5-11-22-16/h6,16H,2-5,7-13H2,1H3,(H,18,21). The van der Waals surface area contributed by atoms with Crippen molar-refractivity contribution in [2.24, 2.45) is 0 Å². The van der Waals surface area contributed by atoms with Crippen LogP contribution in [-0.2, 0) is 14.3 Å². The SMILES string of the molecule is CC(=O)N(CCC1=CCCCC1)CC(=O)NCC1CCCO1. The summed E-state index contributed by atoms with van der Waals surface area (Å²) in [4.78, 5) is 25.3. The maximum atomic E-state index is 12.0. The van der Waals surface area contributed by atoms with Gasteiger partial charge in [-0.25, -0.2) is 0 Å². The molecule has 0 aromatic heterocycles. The number of hydrogen-bond donors (Lipinski definition) is 1. The van der Waals surface area contributed by atoms with Gasteiger partial charge in [0.05, 0.1) is 12.6 Å². The predicted octanol–water partition coefficient (Wildman–Crippen LogP) is 2.02. The quantitative estimate of drug-likeness (QED) is 0.732. The zero-order valence-electron chi connectivity index (χ0n) is 13.6. The molecular formula is C17H28N2O3. The molecule has 0 aromatic carbocycles. The molecule has 1 aliphatic carbocycles. The van der Waals surface area contributed by atoms with Crippen LogP contribution in [0.25, 0.3) is 0 Å². The molecule has 1 heterocycles. The van der Waals surface area contributed by atoms with Crippen LogP contribution >= 0.6 is 0 Å². The Kier molecular flexibility index (Phi) is 6.90. The Hall–Kier alpha value is -1.36. The summed E-state index contributed by atoms with van der Waals surface area (Å²) >= 11 is 0. The summed E-state index contributed by atoms with van der Waals surface area (Å²) < 4.78 is 5.48. The maximum absolute atomic E-state index is 12.0. The van der Waals surface area contributed by atoms with E-state index in [1.165, 1.54) is 25.3 Å². The third kappa shape index (κ3) is 5.79. The number of carbonyl (C=O) groups is 2. The number of ether oxygens (including phenoxy) is 1. The van der Waals surface area contributed by atoms with Gasteiger partial charge in [-0.1, -0.05) is 11.6 Å². The van der Waals surface area contributed by atoms with E-state index in [4.69, 9.17) is 4.74 Å². The van der Waals surface area contributed by atoms with Gasteiger partial charge in [0, 0.05) is 26.6 Å². The first-order valence-electron chi connectivity index (χ1n) is 8.47. The summed E-state index contributed by atoms with van der Waals surface area (Å²) in [6.07, 6.45) is 10.2. The maximum Gasteiger partial charge on any atom is 0.239 e. The van der Waals surface area contributed by atoms with E-state index in [9.17, 15) is 9.59 Å². The first kappa shape index (κ1) is 17.0. The van der Waals surface area contributed by atoms with Gasteiger partial charge >= 0.3 is 0 Å². The molecule has 0 saturated carbocycles. The zero-order valence-corrected chi connectivity index (χ0v) is 13.6. The average molecular weight is 308 g/mol. The van der Waals surface area contributed by atoms with E-state index in [0.29, 0.717) is 13.1 Å². The molecule has 2 aliphatic rings. The minimum absolute atomic E-state index is 0.0383. The van der Waals surface area contributed by atoms with E-state index in [-0.39, 0.29) is 24.5 Å². The normalized spacial score (nSPS) is 21.3. The van der Waals surface area contributed by atoms with Crippen LogP contribution in [0.2, 0.25) is 0 Å². The minimum Gasteiger partial charge on any atom is -0.376 e. The lowest BCUT2D eigenvalue weighted by molar-refractivity contribution is -0.134. The molecule has 2 amide bonds. The Bertz CT molecular complexity index is 414. The van der Waals surface area contributed by atoms with Crippen LogP contribution in [0.3, 0.4) is 0 Å². The highest BCUT2D eigenvalue weighted by atomic mass is 16.5. The van der Waals surface area contributed by atoms with E-state index in [1.807, 2.05) is 0 Å². The fourth-order valence-corrected chi connectivity index (χ4v) is 3.02. The number of carbonyl (C=O) groups excluding carboxylic acids is 2. The smallest absolute Gasteiger partial charge is 0.239 e. The monoisotopic (exact) mass is 308 g/mol. The van der Waals surface area contributed by atoms with Crippen molar-refractivity contribution in [2.75, 3.05) is 26.2 Å². The molecule has 0 radical (unpaired) electrons. The summed E-state index contributed by atoms with van der Waals surface area (Å²) in [5.74, 6) is -0.132. The first-order valence-corrected chi connectivity index (χ1v) is 8.47. The second-order valence-corrected chi connectivity index (χ2v) is 6.24. The van der Waals surface area contributed by atoms with Crippen LogP contribution in [-0.4, -0.2) is 49.1 Å². The summed E-state index contributed by atoms with van der Waals surface area (Å²) in [6, 6.07) is 0. The van der Waals surface area contributed by atoms with E-state index >= 15 is 0 Å². The third-order valence-electron chi connectivity index (χ3n) is 4.42. The lowest BCUT2D eigenvalue weighted by atomic mass is 9.97. The van der Waals surface area contributed by atoms with E-state index in [0.717, 1.165) is 38.7 Å². The predicted molar refractivity (Wildman–Crippen MR) is 85.4 cm³/mol. The van der Waals surface area contributed by atoms with Crippen molar-refractivity contribution in [2.45, 2.75) is 58.0 Å². The number of allylic oxidation sites excluding steroid dienone is 1. The van der Waals surface area contributed by atoms with Crippen molar-refractivity contribution in [1.29, 1.82) is 0 Å². The van der Waals surface area contributed by atoms with Gasteiger partial charge in [0.15, 0.2) is 0 Å². The first-order chi connectivity index (χ1) is 10.6. The highest BCUT2D eigenvalue weighted by Crippen LogP contribution is 2.20. The summed E-state index contributed by atoms with van der Waals surface area (Å²) in [5.41, 5.74) is 1.43. The largest absolute Gasteiger partial charge is 0.376 e. The van der Waals surface area contributed by atoms with Gasteiger partial charge in [-0.15, -0.1) is 0 Å². The highest BCUT2D eigenvalue weighted by molar-refractivity contribution is 5.83. The van der Waals surface area contributed by atoms with Crippen LogP contribution in [0.5, 0.6) is 0 Å². The van der Waals surface area contributed by atoms with Crippen molar-refractivity contribution in [3.63, 3.8) is 0 Å². The van der Waals surface area contributed by atoms with E-state index < -0.39 is 0 Å². The van der Waals surface area contributed by atoms with Gasteiger partial charge in [-0.05, 0) is 44.9 Å². The molecular weight excluding hydrogens is 280 g/mol. The van der Waals surface area contributed by atoms with Crippen molar-refractivity contribution in [3.8, 4) is 0 Å². The lowest BCUT2D eigenvalue weighted by Crippen LogP contribution is -2.42. The molecule has 1 fully saturated rings. The molecule has 5 heteroatoms. The van der Waals surface area contributed by atoms with Crippen LogP contribution < -0.4 is 5.32 Å². The second-order valence-electron chi connectivity index (χ2n) is 6.24. The molecule has 1 N–H and O–H groups in total. The van der Waals surface area contributed by atoms with Crippen molar-refractivity contribution < 1.29 is 14.3 Å². The average Bonchev–Trinajstić information content (AvgIpc) is 3.03. The van der Waals surface area contributed by atoms with E-state index in [1.54, 1.807) is 4.90 Å². The second kappa shape index (κ2) is 8.93. The van der Waals surface area contributed by atoms with Crippen molar-refractivity contribution in [3.05, 3.63) is 11.6 Å². The van der Waals surface area contributed by atoms with Gasteiger partial charge in [0.25, 0.3) is 0 Å². The topological polar surface area (TPSA) is 58.6 Å². The number of hydrogen-bond acceptors (Lipinski definition) is 3. The molecule has 1 saturated heterocycles. The van der Waals surface area contributed by atoms with Crippen molar-refractivity contribution in [1.82, 2.24) is 10.2 Å². The molecule has 0 bridgehead atoms.